The summed E-state index contributed by atoms with van der Waals surface area (Å²) in [6.45, 7) is 1.57. The maximum atomic E-state index is 12.4. The fraction of sp³-hybridized carbons (Fsp3) is 0.533. The number of H-pyrrole nitrogens is 1. The number of amides is 1. The average Bonchev–Trinajstić information content (AvgIpc) is 3.05. The van der Waals surface area contributed by atoms with Crippen molar-refractivity contribution >= 4 is 17.2 Å². The Kier molecular flexibility index (Phi) is 3.25. The number of carbonyl (C=O) groups is 1. The van der Waals surface area contributed by atoms with Gasteiger partial charge in [-0.1, -0.05) is 0 Å². The van der Waals surface area contributed by atoms with Crippen molar-refractivity contribution in [3.05, 3.63) is 34.0 Å². The topological polar surface area (TPSA) is 61.9 Å². The van der Waals surface area contributed by atoms with Gasteiger partial charge in [-0.05, 0) is 37.1 Å². The Morgan fingerprint density at radius 2 is 2.24 bits per heavy atom. The molecule has 1 atom stereocenters. The van der Waals surface area contributed by atoms with E-state index >= 15 is 0 Å². The minimum absolute atomic E-state index is 0.138. The molecule has 1 aliphatic heterocycles. The van der Waals surface area contributed by atoms with Crippen LogP contribution in [0, 0.1) is 0 Å². The summed E-state index contributed by atoms with van der Waals surface area (Å²) >= 11 is 1.57. The quantitative estimate of drug-likeness (QED) is 0.948. The molecular weight excluding hydrogens is 284 g/mol. The third kappa shape index (κ3) is 2.60. The number of nitrogens with zero attached hydrogens (tertiary/aromatic N) is 3. The zero-order valence-corrected chi connectivity index (χ0v) is 12.6. The van der Waals surface area contributed by atoms with Crippen LogP contribution in [0.5, 0.6) is 0 Å². The predicted molar refractivity (Wildman–Crippen MR) is 80.6 cm³/mol. The van der Waals surface area contributed by atoms with Crippen molar-refractivity contribution in [2.24, 2.45) is 0 Å². The first kappa shape index (κ1) is 13.0. The second-order valence-electron chi connectivity index (χ2n) is 5.96. The summed E-state index contributed by atoms with van der Waals surface area (Å²) in [5.74, 6) is 2.92. The van der Waals surface area contributed by atoms with E-state index in [1.54, 1.807) is 11.3 Å². The number of aromatic nitrogens is 3. The van der Waals surface area contributed by atoms with Gasteiger partial charge in [0.1, 0.15) is 5.82 Å². The lowest BCUT2D eigenvalue weighted by Crippen LogP contribution is -2.39. The van der Waals surface area contributed by atoms with Crippen molar-refractivity contribution in [2.45, 2.75) is 37.5 Å². The van der Waals surface area contributed by atoms with Gasteiger partial charge in [0.2, 0.25) is 0 Å². The minimum atomic E-state index is 0.138. The Labute approximate surface area is 127 Å². The van der Waals surface area contributed by atoms with Crippen molar-refractivity contribution in [3.63, 3.8) is 0 Å². The average molecular weight is 302 g/mol. The molecule has 0 bridgehead atoms. The van der Waals surface area contributed by atoms with Gasteiger partial charge >= 0.3 is 0 Å². The molecule has 0 radical (unpaired) electrons. The zero-order chi connectivity index (χ0) is 14.2. The van der Waals surface area contributed by atoms with Crippen molar-refractivity contribution in [2.75, 3.05) is 13.1 Å². The number of rotatable bonds is 3. The zero-order valence-electron chi connectivity index (χ0n) is 11.8. The molecule has 2 fully saturated rings. The summed E-state index contributed by atoms with van der Waals surface area (Å²) in [4.78, 5) is 19.0. The molecule has 1 saturated heterocycles. The van der Waals surface area contributed by atoms with Gasteiger partial charge in [-0.2, -0.15) is 16.4 Å². The van der Waals surface area contributed by atoms with Crippen LogP contribution in [0.25, 0.3) is 0 Å². The molecular formula is C15H18N4OS. The Morgan fingerprint density at radius 1 is 1.33 bits per heavy atom. The van der Waals surface area contributed by atoms with E-state index in [9.17, 15) is 4.79 Å². The number of carbonyl (C=O) groups excluding carboxylic acids is 1. The Morgan fingerprint density at radius 3 is 3.00 bits per heavy atom. The summed E-state index contributed by atoms with van der Waals surface area (Å²) in [5, 5.41) is 11.3. The standard InChI is InChI=1S/C15H18N4OS/c20-15(12-5-7-21-9-12)19-6-1-2-11(8-19)14-16-13(17-18-14)10-3-4-10/h5,7,9-11H,1-4,6,8H2,(H,16,17,18). The number of piperidine rings is 1. The molecule has 6 heteroatoms. The molecule has 1 amide bonds. The molecule has 21 heavy (non-hydrogen) atoms. The molecule has 1 aliphatic carbocycles. The van der Waals surface area contributed by atoms with Crippen LogP contribution in [0.3, 0.4) is 0 Å². The van der Waals surface area contributed by atoms with Gasteiger partial charge < -0.3 is 4.90 Å². The third-order valence-corrected chi connectivity index (χ3v) is 5.01. The highest BCUT2D eigenvalue weighted by atomic mass is 32.1. The molecule has 3 heterocycles. The molecule has 110 valence electrons. The molecule has 5 nitrogen and oxygen atoms in total. The van der Waals surface area contributed by atoms with E-state index in [0.29, 0.717) is 5.92 Å². The van der Waals surface area contributed by atoms with Crippen LogP contribution in [0.1, 0.15) is 59.5 Å². The summed E-state index contributed by atoms with van der Waals surface area (Å²) in [7, 11) is 0. The summed E-state index contributed by atoms with van der Waals surface area (Å²) in [6.07, 6.45) is 4.54. The fourth-order valence-electron chi connectivity index (χ4n) is 2.95. The first-order chi connectivity index (χ1) is 10.3. The number of hydrogen-bond donors (Lipinski definition) is 1. The van der Waals surface area contributed by atoms with Gasteiger partial charge in [0.25, 0.3) is 5.91 Å². The van der Waals surface area contributed by atoms with Gasteiger partial charge in [-0.25, -0.2) is 4.98 Å². The summed E-state index contributed by atoms with van der Waals surface area (Å²) < 4.78 is 0. The normalized spacial score (nSPS) is 22.5. The highest BCUT2D eigenvalue weighted by Gasteiger charge is 2.31. The van der Waals surface area contributed by atoms with E-state index in [1.807, 2.05) is 21.7 Å². The third-order valence-electron chi connectivity index (χ3n) is 4.33. The van der Waals surface area contributed by atoms with Gasteiger partial charge in [-0.15, -0.1) is 0 Å². The van der Waals surface area contributed by atoms with E-state index in [0.717, 1.165) is 43.1 Å². The highest BCUT2D eigenvalue weighted by molar-refractivity contribution is 7.08. The van der Waals surface area contributed by atoms with E-state index in [4.69, 9.17) is 0 Å². The van der Waals surface area contributed by atoms with Crippen molar-refractivity contribution in [1.29, 1.82) is 0 Å². The molecule has 0 spiro atoms. The van der Waals surface area contributed by atoms with E-state index in [-0.39, 0.29) is 11.8 Å². The summed E-state index contributed by atoms with van der Waals surface area (Å²) in [6, 6.07) is 1.90. The maximum absolute atomic E-state index is 12.4. The number of aromatic amines is 1. The second-order valence-corrected chi connectivity index (χ2v) is 6.74. The van der Waals surface area contributed by atoms with Gasteiger partial charge in [-0.3, -0.25) is 9.89 Å². The molecule has 1 saturated carbocycles. The Hall–Kier alpha value is -1.69. The minimum Gasteiger partial charge on any atom is -0.338 e. The van der Waals surface area contributed by atoms with Crippen LogP contribution in [-0.2, 0) is 0 Å². The number of likely N-dealkylation sites (tertiary alicyclic amines) is 1. The molecule has 2 aliphatic rings. The molecule has 1 N–H and O–H groups in total. The first-order valence-corrected chi connectivity index (χ1v) is 8.49. The smallest absolute Gasteiger partial charge is 0.254 e. The first-order valence-electron chi connectivity index (χ1n) is 7.55. The van der Waals surface area contributed by atoms with Crippen molar-refractivity contribution < 1.29 is 4.79 Å². The summed E-state index contributed by atoms with van der Waals surface area (Å²) in [5.41, 5.74) is 0.800. The van der Waals surface area contributed by atoms with Crippen molar-refractivity contribution in [3.8, 4) is 0 Å². The molecule has 2 aromatic heterocycles. The van der Waals surface area contributed by atoms with E-state index in [2.05, 4.69) is 15.2 Å². The van der Waals surface area contributed by atoms with Gasteiger partial charge in [0.15, 0.2) is 5.82 Å². The fourth-order valence-corrected chi connectivity index (χ4v) is 3.58. The number of hydrogen-bond acceptors (Lipinski definition) is 4. The predicted octanol–water partition coefficient (Wildman–Crippen LogP) is 2.76. The Balaban J connectivity index is 1.48. The lowest BCUT2D eigenvalue weighted by Gasteiger charge is -2.31. The molecule has 2 aromatic rings. The van der Waals surface area contributed by atoms with Crippen LogP contribution in [0.15, 0.2) is 16.8 Å². The van der Waals surface area contributed by atoms with Crippen LogP contribution >= 0.6 is 11.3 Å². The maximum Gasteiger partial charge on any atom is 0.254 e. The monoisotopic (exact) mass is 302 g/mol. The van der Waals surface area contributed by atoms with E-state index < -0.39 is 0 Å². The highest BCUT2D eigenvalue weighted by Crippen LogP contribution is 2.38. The molecule has 4 rings (SSSR count). The number of nitrogens with one attached hydrogen (secondary N) is 1. The largest absolute Gasteiger partial charge is 0.338 e. The molecule has 1 unspecified atom stereocenters. The van der Waals surface area contributed by atoms with Crippen LogP contribution < -0.4 is 0 Å². The lowest BCUT2D eigenvalue weighted by atomic mass is 9.97. The Bertz CT molecular complexity index is 632. The van der Waals surface area contributed by atoms with Crippen LogP contribution in [0.2, 0.25) is 0 Å². The number of thiophene rings is 1. The lowest BCUT2D eigenvalue weighted by molar-refractivity contribution is 0.0705. The van der Waals surface area contributed by atoms with Crippen LogP contribution in [-0.4, -0.2) is 39.1 Å². The van der Waals surface area contributed by atoms with Crippen molar-refractivity contribution in [1.82, 2.24) is 20.1 Å². The van der Waals surface area contributed by atoms with Crippen LogP contribution in [0.4, 0.5) is 0 Å². The van der Waals surface area contributed by atoms with E-state index in [1.165, 1.54) is 12.8 Å². The SMILES string of the molecule is O=C(c1ccsc1)N1CCCC(c2n[nH]c(C3CC3)n2)C1. The molecule has 0 aromatic carbocycles. The van der Waals surface area contributed by atoms with Gasteiger partial charge in [0, 0.05) is 30.3 Å². The second kappa shape index (κ2) is 5.26. The van der Waals surface area contributed by atoms with Gasteiger partial charge in [0.05, 0.1) is 5.56 Å².